The summed E-state index contributed by atoms with van der Waals surface area (Å²) in [7, 11) is -0.911. The van der Waals surface area contributed by atoms with Crippen LogP contribution in [-0.2, 0) is 16.6 Å². The van der Waals surface area contributed by atoms with Crippen molar-refractivity contribution in [2.75, 3.05) is 18.5 Å². The minimum absolute atomic E-state index is 0.00346. The van der Waals surface area contributed by atoms with E-state index in [1.54, 1.807) is 48.7 Å². The highest BCUT2D eigenvalue weighted by molar-refractivity contribution is 7.92. The summed E-state index contributed by atoms with van der Waals surface area (Å²) in [5.41, 5.74) is 1.44. The SMILES string of the molecule is COc1ccc(CNC(=O)c2cccc(S(=O)(=O)N(C)c3cccc(Cl)c3)c2)cn1. The number of carbonyl (C=O) groups excluding carboxylic acids is 1. The quantitative estimate of drug-likeness (QED) is 0.601. The number of aromatic nitrogens is 1. The molecule has 1 aromatic heterocycles. The maximum atomic E-state index is 13.0. The second kappa shape index (κ2) is 9.15. The molecule has 0 saturated heterocycles. The number of ether oxygens (including phenoxy) is 1. The van der Waals surface area contributed by atoms with Gasteiger partial charge in [0.2, 0.25) is 5.88 Å². The first-order valence-corrected chi connectivity index (χ1v) is 10.7. The van der Waals surface area contributed by atoms with Crippen LogP contribution < -0.4 is 14.4 Å². The third kappa shape index (κ3) is 4.90. The second-order valence-electron chi connectivity index (χ2n) is 6.37. The number of hydrogen-bond acceptors (Lipinski definition) is 5. The van der Waals surface area contributed by atoms with Gasteiger partial charge in [-0.05, 0) is 42.0 Å². The lowest BCUT2D eigenvalue weighted by Crippen LogP contribution is -2.27. The number of benzene rings is 2. The fourth-order valence-electron chi connectivity index (χ4n) is 2.69. The van der Waals surface area contributed by atoms with Crippen LogP contribution in [0.1, 0.15) is 15.9 Å². The Hall–Kier alpha value is -3.10. The Morgan fingerprint density at radius 3 is 2.57 bits per heavy atom. The van der Waals surface area contributed by atoms with Crippen LogP contribution in [0.5, 0.6) is 5.88 Å². The van der Waals surface area contributed by atoms with Gasteiger partial charge in [-0.3, -0.25) is 9.10 Å². The molecule has 156 valence electrons. The molecule has 2 aromatic carbocycles. The van der Waals surface area contributed by atoms with E-state index < -0.39 is 15.9 Å². The van der Waals surface area contributed by atoms with Gasteiger partial charge in [-0.2, -0.15) is 0 Å². The largest absolute Gasteiger partial charge is 0.481 e. The van der Waals surface area contributed by atoms with Crippen LogP contribution in [0.2, 0.25) is 5.02 Å². The highest BCUT2D eigenvalue weighted by Gasteiger charge is 2.22. The Bertz CT molecular complexity index is 1150. The molecule has 30 heavy (non-hydrogen) atoms. The zero-order chi connectivity index (χ0) is 21.7. The van der Waals surface area contributed by atoms with Crippen molar-refractivity contribution in [1.82, 2.24) is 10.3 Å². The Morgan fingerprint density at radius 2 is 1.90 bits per heavy atom. The van der Waals surface area contributed by atoms with Gasteiger partial charge in [0.15, 0.2) is 0 Å². The van der Waals surface area contributed by atoms with Crippen LogP contribution in [0.4, 0.5) is 5.69 Å². The lowest BCUT2D eigenvalue weighted by molar-refractivity contribution is 0.0950. The van der Waals surface area contributed by atoms with Gasteiger partial charge in [-0.25, -0.2) is 13.4 Å². The molecule has 0 aliphatic heterocycles. The molecular formula is C21H20ClN3O4S. The first-order chi connectivity index (χ1) is 14.3. The maximum Gasteiger partial charge on any atom is 0.264 e. The monoisotopic (exact) mass is 445 g/mol. The Labute approximate surface area is 180 Å². The number of rotatable bonds is 7. The number of nitrogens with one attached hydrogen (secondary N) is 1. The molecule has 1 amide bonds. The first kappa shape index (κ1) is 21.6. The van der Waals surface area contributed by atoms with Crippen LogP contribution in [0.25, 0.3) is 0 Å². The van der Waals surface area contributed by atoms with Crippen molar-refractivity contribution in [2.45, 2.75) is 11.4 Å². The van der Waals surface area contributed by atoms with Gasteiger partial charge in [0.1, 0.15) is 0 Å². The molecule has 0 bridgehead atoms. The second-order valence-corrected chi connectivity index (χ2v) is 8.78. The lowest BCUT2D eigenvalue weighted by atomic mass is 10.2. The maximum absolute atomic E-state index is 13.0. The molecule has 9 heteroatoms. The smallest absolute Gasteiger partial charge is 0.264 e. The van der Waals surface area contributed by atoms with Crippen LogP contribution in [0.3, 0.4) is 0 Å². The summed E-state index contributed by atoms with van der Waals surface area (Å²) in [6, 6.07) is 15.9. The summed E-state index contributed by atoms with van der Waals surface area (Å²) < 4.78 is 32.1. The van der Waals surface area contributed by atoms with E-state index in [0.717, 1.165) is 9.87 Å². The third-order valence-corrected chi connectivity index (χ3v) is 6.40. The van der Waals surface area contributed by atoms with E-state index in [2.05, 4.69) is 10.3 Å². The highest BCUT2D eigenvalue weighted by atomic mass is 35.5. The first-order valence-electron chi connectivity index (χ1n) is 8.93. The van der Waals surface area contributed by atoms with Crippen molar-refractivity contribution in [1.29, 1.82) is 0 Å². The predicted molar refractivity (Wildman–Crippen MR) is 115 cm³/mol. The molecule has 0 aliphatic carbocycles. The van der Waals surface area contributed by atoms with Crippen molar-refractivity contribution in [3.8, 4) is 5.88 Å². The van der Waals surface area contributed by atoms with E-state index in [0.29, 0.717) is 16.6 Å². The number of amides is 1. The number of nitrogens with zero attached hydrogens (tertiary/aromatic N) is 2. The van der Waals surface area contributed by atoms with Crippen molar-refractivity contribution in [3.05, 3.63) is 83.0 Å². The standard InChI is InChI=1S/C21H20ClN3O4S/c1-25(18-7-4-6-17(22)12-18)30(27,28)19-8-3-5-16(11-19)21(26)24-14-15-9-10-20(29-2)23-13-15/h3-13H,14H2,1-2H3,(H,24,26). The molecule has 3 aromatic rings. The number of halogens is 1. The van der Waals surface area contributed by atoms with Gasteiger partial charge in [0.05, 0.1) is 17.7 Å². The van der Waals surface area contributed by atoms with E-state index in [1.165, 1.54) is 32.4 Å². The van der Waals surface area contributed by atoms with Crippen LogP contribution >= 0.6 is 11.6 Å². The molecule has 7 nitrogen and oxygen atoms in total. The molecule has 0 atom stereocenters. The Morgan fingerprint density at radius 1 is 1.13 bits per heavy atom. The number of pyridine rings is 1. The summed E-state index contributed by atoms with van der Waals surface area (Å²) in [4.78, 5) is 16.6. The van der Waals surface area contributed by atoms with Crippen molar-refractivity contribution in [2.24, 2.45) is 0 Å². The van der Waals surface area contributed by atoms with Crippen molar-refractivity contribution in [3.63, 3.8) is 0 Å². The predicted octanol–water partition coefficient (Wildman–Crippen LogP) is 3.50. The molecular weight excluding hydrogens is 426 g/mol. The minimum atomic E-state index is -3.87. The third-order valence-electron chi connectivity index (χ3n) is 4.39. The van der Waals surface area contributed by atoms with E-state index in [9.17, 15) is 13.2 Å². The van der Waals surface area contributed by atoms with Gasteiger partial charge in [0.25, 0.3) is 15.9 Å². The van der Waals surface area contributed by atoms with Gasteiger partial charge in [0, 0.05) is 36.4 Å². The molecule has 1 heterocycles. The van der Waals surface area contributed by atoms with Gasteiger partial charge < -0.3 is 10.1 Å². The zero-order valence-electron chi connectivity index (χ0n) is 16.4. The normalized spacial score (nSPS) is 11.0. The molecule has 0 aliphatic rings. The molecule has 3 rings (SSSR count). The van der Waals surface area contributed by atoms with E-state index in [4.69, 9.17) is 16.3 Å². The summed E-state index contributed by atoms with van der Waals surface area (Å²) >= 11 is 5.97. The molecule has 0 saturated carbocycles. The van der Waals surface area contributed by atoms with Crippen LogP contribution in [0.15, 0.2) is 71.8 Å². The molecule has 0 fully saturated rings. The Kier molecular flexibility index (Phi) is 6.59. The average molecular weight is 446 g/mol. The summed E-state index contributed by atoms with van der Waals surface area (Å²) in [6.07, 6.45) is 1.60. The van der Waals surface area contributed by atoms with Crippen LogP contribution in [-0.4, -0.2) is 33.5 Å². The molecule has 0 radical (unpaired) electrons. The summed E-state index contributed by atoms with van der Waals surface area (Å²) in [6.45, 7) is 0.245. The number of sulfonamides is 1. The van der Waals surface area contributed by atoms with Crippen LogP contribution in [0, 0.1) is 0 Å². The molecule has 0 spiro atoms. The number of anilines is 1. The number of methoxy groups -OCH3 is 1. The summed E-state index contributed by atoms with van der Waals surface area (Å²) in [5.74, 6) is 0.0834. The van der Waals surface area contributed by atoms with Gasteiger partial charge in [-0.1, -0.05) is 29.8 Å². The molecule has 0 unspecified atom stereocenters. The molecule has 1 N–H and O–H groups in total. The van der Waals surface area contributed by atoms with Gasteiger partial charge in [-0.15, -0.1) is 0 Å². The fourth-order valence-corrected chi connectivity index (χ4v) is 4.11. The minimum Gasteiger partial charge on any atom is -0.481 e. The average Bonchev–Trinajstić information content (AvgIpc) is 2.77. The van der Waals surface area contributed by atoms with Crippen molar-refractivity contribution >= 4 is 33.2 Å². The number of carbonyl (C=O) groups is 1. The summed E-state index contributed by atoms with van der Waals surface area (Å²) in [5, 5.41) is 3.18. The highest BCUT2D eigenvalue weighted by Crippen LogP contribution is 2.25. The van der Waals surface area contributed by atoms with Gasteiger partial charge >= 0.3 is 0 Å². The van der Waals surface area contributed by atoms with E-state index >= 15 is 0 Å². The lowest BCUT2D eigenvalue weighted by Gasteiger charge is -2.20. The number of hydrogen-bond donors (Lipinski definition) is 1. The van der Waals surface area contributed by atoms with E-state index in [1.807, 2.05) is 0 Å². The van der Waals surface area contributed by atoms with E-state index in [-0.39, 0.29) is 17.0 Å². The Balaban J connectivity index is 1.76. The fraction of sp³-hybridized carbons (Fsp3) is 0.143. The topological polar surface area (TPSA) is 88.6 Å². The van der Waals surface area contributed by atoms with Crippen molar-refractivity contribution < 1.29 is 17.9 Å². The zero-order valence-corrected chi connectivity index (χ0v) is 17.9.